The topological polar surface area (TPSA) is 37.0 Å². The molecule has 3 nitrogen and oxygen atoms in total. The van der Waals surface area contributed by atoms with Crippen LogP contribution < -0.4 is 10.6 Å². The molecule has 2 N–H and O–H groups in total. The minimum atomic E-state index is 0.590. The molecule has 0 amide bonds. The zero-order valence-electron chi connectivity index (χ0n) is 12.0. The quantitative estimate of drug-likeness (QED) is 0.825. The molecule has 1 aliphatic carbocycles. The standard InChI is InChI=1S/C15H25N3S/c1-3-8-17-12-9-13(11-16-10-12)18-14-6-4-5-7-15(14)19-2/h9-11,14-15,17-18H,3-8H2,1-2H3. The van der Waals surface area contributed by atoms with Crippen molar-refractivity contribution >= 4 is 23.1 Å². The summed E-state index contributed by atoms with van der Waals surface area (Å²) in [6, 6.07) is 2.77. The number of anilines is 2. The number of hydrogen-bond donors (Lipinski definition) is 2. The Bertz CT molecular complexity index is 383. The fourth-order valence-electron chi connectivity index (χ4n) is 2.64. The van der Waals surface area contributed by atoms with E-state index in [1.807, 2.05) is 24.2 Å². The number of pyridine rings is 1. The van der Waals surface area contributed by atoms with Crippen LogP contribution in [0.15, 0.2) is 18.5 Å². The largest absolute Gasteiger partial charge is 0.384 e. The van der Waals surface area contributed by atoms with Crippen molar-refractivity contribution in [3.05, 3.63) is 18.5 Å². The third-order valence-corrected chi connectivity index (χ3v) is 4.84. The van der Waals surface area contributed by atoms with E-state index in [2.05, 4.69) is 34.9 Å². The molecule has 0 radical (unpaired) electrons. The van der Waals surface area contributed by atoms with E-state index < -0.39 is 0 Å². The minimum Gasteiger partial charge on any atom is -0.384 e. The van der Waals surface area contributed by atoms with E-state index in [0.29, 0.717) is 6.04 Å². The van der Waals surface area contributed by atoms with Gasteiger partial charge < -0.3 is 10.6 Å². The van der Waals surface area contributed by atoms with Crippen molar-refractivity contribution in [3.8, 4) is 0 Å². The SMILES string of the molecule is CCCNc1cncc(NC2CCCCC2SC)c1. The molecule has 2 unspecified atom stereocenters. The fraction of sp³-hybridized carbons (Fsp3) is 0.667. The molecule has 106 valence electrons. The zero-order chi connectivity index (χ0) is 13.5. The van der Waals surface area contributed by atoms with Gasteiger partial charge in [0.1, 0.15) is 0 Å². The molecule has 1 saturated carbocycles. The van der Waals surface area contributed by atoms with Crippen LogP contribution >= 0.6 is 11.8 Å². The number of nitrogens with zero attached hydrogens (tertiary/aromatic N) is 1. The maximum atomic E-state index is 4.32. The summed E-state index contributed by atoms with van der Waals surface area (Å²) in [5.74, 6) is 0. The van der Waals surface area contributed by atoms with E-state index >= 15 is 0 Å². The third kappa shape index (κ3) is 4.30. The molecule has 0 aliphatic heterocycles. The van der Waals surface area contributed by atoms with Crippen molar-refractivity contribution < 1.29 is 0 Å². The lowest BCUT2D eigenvalue weighted by Gasteiger charge is -2.31. The predicted octanol–water partition coefficient (Wildman–Crippen LogP) is 3.99. The summed E-state index contributed by atoms with van der Waals surface area (Å²) in [4.78, 5) is 4.32. The molecule has 0 aromatic carbocycles. The summed E-state index contributed by atoms with van der Waals surface area (Å²) in [6.45, 7) is 3.18. The van der Waals surface area contributed by atoms with Gasteiger partial charge in [-0.1, -0.05) is 19.8 Å². The Morgan fingerprint density at radius 1 is 1.26 bits per heavy atom. The van der Waals surface area contributed by atoms with E-state index in [4.69, 9.17) is 0 Å². The second kappa shape index (κ2) is 7.63. The number of aromatic nitrogens is 1. The summed E-state index contributed by atoms with van der Waals surface area (Å²) < 4.78 is 0. The molecular weight excluding hydrogens is 254 g/mol. The predicted molar refractivity (Wildman–Crippen MR) is 86.2 cm³/mol. The molecule has 1 aromatic rings. The first-order valence-corrected chi connectivity index (χ1v) is 8.60. The monoisotopic (exact) mass is 279 g/mol. The van der Waals surface area contributed by atoms with Gasteiger partial charge in [0, 0.05) is 17.8 Å². The van der Waals surface area contributed by atoms with Crippen molar-refractivity contribution in [1.29, 1.82) is 0 Å². The third-order valence-electron chi connectivity index (χ3n) is 3.67. The average molecular weight is 279 g/mol. The van der Waals surface area contributed by atoms with Crippen molar-refractivity contribution in [2.24, 2.45) is 0 Å². The van der Waals surface area contributed by atoms with Gasteiger partial charge in [-0.15, -0.1) is 0 Å². The van der Waals surface area contributed by atoms with Crippen LogP contribution in [0.5, 0.6) is 0 Å². The molecule has 1 fully saturated rings. The van der Waals surface area contributed by atoms with E-state index in [-0.39, 0.29) is 0 Å². The van der Waals surface area contributed by atoms with Crippen LogP contribution in [0.4, 0.5) is 11.4 Å². The first kappa shape index (κ1) is 14.5. The van der Waals surface area contributed by atoms with Crippen LogP contribution in [0.25, 0.3) is 0 Å². The number of hydrogen-bond acceptors (Lipinski definition) is 4. The Labute approximate surface area is 121 Å². The highest BCUT2D eigenvalue weighted by Gasteiger charge is 2.24. The second-order valence-electron chi connectivity index (χ2n) is 5.20. The van der Waals surface area contributed by atoms with Crippen LogP contribution in [0.1, 0.15) is 39.0 Å². The molecule has 1 heterocycles. The van der Waals surface area contributed by atoms with Crippen LogP contribution in [-0.4, -0.2) is 29.1 Å². The highest BCUT2D eigenvalue weighted by Crippen LogP contribution is 2.29. The van der Waals surface area contributed by atoms with Gasteiger partial charge in [-0.05, 0) is 31.6 Å². The average Bonchev–Trinajstić information content (AvgIpc) is 2.46. The highest BCUT2D eigenvalue weighted by molar-refractivity contribution is 7.99. The summed E-state index contributed by atoms with van der Waals surface area (Å²) in [5, 5.41) is 7.80. The molecule has 4 heteroatoms. The molecule has 19 heavy (non-hydrogen) atoms. The maximum absolute atomic E-state index is 4.32. The highest BCUT2D eigenvalue weighted by atomic mass is 32.2. The summed E-state index contributed by atoms with van der Waals surface area (Å²) in [5.41, 5.74) is 2.26. The van der Waals surface area contributed by atoms with Crippen molar-refractivity contribution in [2.45, 2.75) is 50.3 Å². The van der Waals surface area contributed by atoms with Gasteiger partial charge in [0.15, 0.2) is 0 Å². The molecule has 2 rings (SSSR count). The van der Waals surface area contributed by atoms with Crippen LogP contribution in [-0.2, 0) is 0 Å². The van der Waals surface area contributed by atoms with Crippen LogP contribution in [0.3, 0.4) is 0 Å². The lowest BCUT2D eigenvalue weighted by atomic mass is 9.94. The Balaban J connectivity index is 1.97. The van der Waals surface area contributed by atoms with Crippen LogP contribution in [0, 0.1) is 0 Å². The normalized spacial score (nSPS) is 23.1. The number of thioether (sulfide) groups is 1. The molecular formula is C15H25N3S. The lowest BCUT2D eigenvalue weighted by Crippen LogP contribution is -2.34. The van der Waals surface area contributed by atoms with Gasteiger partial charge in [0.05, 0.1) is 23.8 Å². The van der Waals surface area contributed by atoms with Crippen molar-refractivity contribution in [1.82, 2.24) is 4.98 Å². The minimum absolute atomic E-state index is 0.590. The molecule has 1 aliphatic rings. The molecule has 0 spiro atoms. The zero-order valence-corrected chi connectivity index (χ0v) is 12.8. The lowest BCUT2D eigenvalue weighted by molar-refractivity contribution is 0.475. The summed E-state index contributed by atoms with van der Waals surface area (Å²) in [6.07, 6.45) is 12.5. The first-order valence-electron chi connectivity index (χ1n) is 7.31. The number of rotatable bonds is 6. The van der Waals surface area contributed by atoms with Gasteiger partial charge in [0.2, 0.25) is 0 Å². The van der Waals surface area contributed by atoms with Gasteiger partial charge in [-0.3, -0.25) is 4.98 Å². The smallest absolute Gasteiger partial charge is 0.0549 e. The molecule has 0 bridgehead atoms. The van der Waals surface area contributed by atoms with Crippen molar-refractivity contribution in [2.75, 3.05) is 23.4 Å². The Hall–Kier alpha value is -0.900. The molecule has 2 atom stereocenters. The molecule has 0 saturated heterocycles. The molecule has 1 aromatic heterocycles. The summed E-state index contributed by atoms with van der Waals surface area (Å²) >= 11 is 1.99. The summed E-state index contributed by atoms with van der Waals surface area (Å²) in [7, 11) is 0. The Kier molecular flexibility index (Phi) is 5.83. The second-order valence-corrected chi connectivity index (χ2v) is 6.28. The fourth-order valence-corrected chi connectivity index (χ4v) is 3.58. The first-order chi connectivity index (χ1) is 9.33. The van der Waals surface area contributed by atoms with Gasteiger partial charge in [0.25, 0.3) is 0 Å². The van der Waals surface area contributed by atoms with Gasteiger partial charge in [-0.2, -0.15) is 11.8 Å². The van der Waals surface area contributed by atoms with Gasteiger partial charge >= 0.3 is 0 Å². The van der Waals surface area contributed by atoms with E-state index in [1.165, 1.54) is 25.7 Å². The van der Waals surface area contributed by atoms with E-state index in [1.54, 1.807) is 0 Å². The Morgan fingerprint density at radius 2 is 2.05 bits per heavy atom. The van der Waals surface area contributed by atoms with Crippen molar-refractivity contribution in [3.63, 3.8) is 0 Å². The number of nitrogens with one attached hydrogen (secondary N) is 2. The van der Waals surface area contributed by atoms with E-state index in [9.17, 15) is 0 Å². The maximum Gasteiger partial charge on any atom is 0.0549 e. The van der Waals surface area contributed by atoms with Gasteiger partial charge in [-0.25, -0.2) is 0 Å². The van der Waals surface area contributed by atoms with Crippen LogP contribution in [0.2, 0.25) is 0 Å². The van der Waals surface area contributed by atoms with E-state index in [0.717, 1.165) is 29.6 Å². The Morgan fingerprint density at radius 3 is 2.84 bits per heavy atom.